The first-order valence-electron chi connectivity index (χ1n) is 5.87. The highest BCUT2D eigenvalue weighted by Crippen LogP contribution is 2.06. The Kier molecular flexibility index (Phi) is 5.73. The first-order valence-corrected chi connectivity index (χ1v) is 5.87. The van der Waals surface area contributed by atoms with Crippen molar-refractivity contribution < 1.29 is 14.6 Å². The summed E-state index contributed by atoms with van der Waals surface area (Å²) in [5.41, 5.74) is 0. The number of nitrogens with one attached hydrogen (secondary N) is 1. The Bertz CT molecular complexity index is 221. The zero-order valence-electron chi connectivity index (χ0n) is 10.1. The van der Waals surface area contributed by atoms with E-state index in [4.69, 9.17) is 9.84 Å². The zero-order valence-corrected chi connectivity index (χ0v) is 10.1. The van der Waals surface area contributed by atoms with Crippen LogP contribution in [0.25, 0.3) is 0 Å². The van der Waals surface area contributed by atoms with Gasteiger partial charge in [-0.1, -0.05) is 13.8 Å². The number of hydrogen-bond donors (Lipinski definition) is 2. The average Bonchev–Trinajstić information content (AvgIpc) is 2.28. The molecular weight excluding hydrogens is 208 g/mol. The van der Waals surface area contributed by atoms with Crippen LogP contribution >= 0.6 is 0 Å². The molecule has 1 unspecified atom stereocenters. The third-order valence-corrected chi connectivity index (χ3v) is 2.59. The van der Waals surface area contributed by atoms with E-state index >= 15 is 0 Å². The minimum absolute atomic E-state index is 0.0198. The first-order chi connectivity index (χ1) is 7.63. The second-order valence-electron chi connectivity index (χ2n) is 4.37. The van der Waals surface area contributed by atoms with Crippen LogP contribution in [0.2, 0.25) is 0 Å². The third kappa shape index (κ3) is 4.47. The molecular formula is C11H22N2O3. The molecule has 5 nitrogen and oxygen atoms in total. The van der Waals surface area contributed by atoms with Crippen molar-refractivity contribution in [2.24, 2.45) is 0 Å². The summed E-state index contributed by atoms with van der Waals surface area (Å²) in [5.74, 6) is 0.134. The highest BCUT2D eigenvalue weighted by Gasteiger charge is 2.22. The van der Waals surface area contributed by atoms with Gasteiger partial charge < -0.3 is 20.1 Å². The molecule has 5 heteroatoms. The monoisotopic (exact) mass is 230 g/mol. The zero-order chi connectivity index (χ0) is 12.0. The number of hydrogen-bond acceptors (Lipinski definition) is 4. The molecule has 1 rings (SSSR count). The Morgan fingerprint density at radius 3 is 3.00 bits per heavy atom. The van der Waals surface area contributed by atoms with E-state index < -0.39 is 0 Å². The normalized spacial score (nSPS) is 21.5. The van der Waals surface area contributed by atoms with Crippen molar-refractivity contribution in [3.63, 3.8) is 0 Å². The molecule has 0 aromatic heterocycles. The number of carbonyl (C=O) groups is 1. The molecule has 0 aromatic rings. The third-order valence-electron chi connectivity index (χ3n) is 2.59. The minimum atomic E-state index is -0.212. The minimum Gasteiger partial charge on any atom is -0.394 e. The average molecular weight is 230 g/mol. The summed E-state index contributed by atoms with van der Waals surface area (Å²) in [6.45, 7) is 6.47. The molecule has 1 aliphatic heterocycles. The van der Waals surface area contributed by atoms with Gasteiger partial charge in [-0.05, 0) is 0 Å². The molecule has 0 aromatic carbocycles. The Labute approximate surface area is 96.8 Å². The molecule has 0 radical (unpaired) electrons. The van der Waals surface area contributed by atoms with E-state index in [2.05, 4.69) is 19.2 Å². The van der Waals surface area contributed by atoms with Crippen LogP contribution in [0.5, 0.6) is 0 Å². The first kappa shape index (κ1) is 13.4. The van der Waals surface area contributed by atoms with Crippen molar-refractivity contribution in [1.82, 2.24) is 10.2 Å². The maximum Gasteiger partial charge on any atom is 0.224 e. The second kappa shape index (κ2) is 6.83. The summed E-state index contributed by atoms with van der Waals surface area (Å²) in [7, 11) is 0. The smallest absolute Gasteiger partial charge is 0.224 e. The van der Waals surface area contributed by atoms with Crippen molar-refractivity contribution >= 4 is 5.91 Å². The van der Waals surface area contributed by atoms with Gasteiger partial charge in [0.25, 0.3) is 0 Å². The van der Waals surface area contributed by atoms with E-state index in [-0.39, 0.29) is 18.6 Å². The van der Waals surface area contributed by atoms with Crippen LogP contribution in [0.4, 0.5) is 0 Å². The van der Waals surface area contributed by atoms with Crippen molar-refractivity contribution in [2.75, 3.05) is 32.8 Å². The SMILES string of the molecule is CC(C)NCCC(=O)N1CCOC(CO)C1. The number of aliphatic hydroxyl groups is 1. The molecule has 1 heterocycles. The number of rotatable bonds is 5. The molecule has 1 saturated heterocycles. The number of nitrogens with zero attached hydrogens (tertiary/aromatic N) is 1. The van der Waals surface area contributed by atoms with E-state index in [9.17, 15) is 4.79 Å². The lowest BCUT2D eigenvalue weighted by molar-refractivity contribution is -0.140. The quantitative estimate of drug-likeness (QED) is 0.674. The van der Waals surface area contributed by atoms with Crippen molar-refractivity contribution in [2.45, 2.75) is 32.4 Å². The highest BCUT2D eigenvalue weighted by atomic mass is 16.5. The van der Waals surface area contributed by atoms with Crippen molar-refractivity contribution in [3.8, 4) is 0 Å². The second-order valence-corrected chi connectivity index (χ2v) is 4.37. The molecule has 0 aliphatic carbocycles. The fourth-order valence-electron chi connectivity index (χ4n) is 1.68. The maximum absolute atomic E-state index is 11.8. The van der Waals surface area contributed by atoms with Gasteiger partial charge in [0.2, 0.25) is 5.91 Å². The van der Waals surface area contributed by atoms with E-state index in [1.54, 1.807) is 4.90 Å². The standard InChI is InChI=1S/C11H22N2O3/c1-9(2)12-4-3-11(15)13-5-6-16-10(7-13)8-14/h9-10,12,14H,3-8H2,1-2H3. The van der Waals surface area contributed by atoms with Crippen molar-refractivity contribution in [3.05, 3.63) is 0 Å². The number of amides is 1. The van der Waals surface area contributed by atoms with E-state index in [1.807, 2.05) is 0 Å². The topological polar surface area (TPSA) is 61.8 Å². The molecule has 16 heavy (non-hydrogen) atoms. The van der Waals surface area contributed by atoms with E-state index in [1.165, 1.54) is 0 Å². The summed E-state index contributed by atoms with van der Waals surface area (Å²) >= 11 is 0. The summed E-state index contributed by atoms with van der Waals surface area (Å²) in [4.78, 5) is 13.6. The summed E-state index contributed by atoms with van der Waals surface area (Å²) in [6, 6.07) is 0.405. The van der Waals surface area contributed by atoms with Crippen molar-refractivity contribution in [1.29, 1.82) is 0 Å². The van der Waals surface area contributed by atoms with Gasteiger partial charge in [-0.15, -0.1) is 0 Å². The summed E-state index contributed by atoms with van der Waals surface area (Å²) in [5, 5.41) is 12.2. The van der Waals surface area contributed by atoms with E-state index in [0.29, 0.717) is 38.7 Å². The fraction of sp³-hybridized carbons (Fsp3) is 0.909. The van der Waals surface area contributed by atoms with Crippen LogP contribution in [0, 0.1) is 0 Å². The molecule has 0 spiro atoms. The summed E-state index contributed by atoms with van der Waals surface area (Å²) in [6.07, 6.45) is 0.298. The Morgan fingerprint density at radius 1 is 1.62 bits per heavy atom. The summed E-state index contributed by atoms with van der Waals surface area (Å²) < 4.78 is 5.29. The van der Waals surface area contributed by atoms with Crippen LogP contribution in [0.15, 0.2) is 0 Å². The Morgan fingerprint density at radius 2 is 2.38 bits per heavy atom. The molecule has 1 aliphatic rings. The van der Waals surface area contributed by atoms with Gasteiger partial charge >= 0.3 is 0 Å². The largest absolute Gasteiger partial charge is 0.394 e. The van der Waals surface area contributed by atoms with Gasteiger partial charge in [0.1, 0.15) is 0 Å². The van der Waals surface area contributed by atoms with E-state index in [0.717, 1.165) is 0 Å². The van der Waals surface area contributed by atoms with Gasteiger partial charge in [0.15, 0.2) is 0 Å². The molecule has 2 N–H and O–H groups in total. The molecule has 1 atom stereocenters. The van der Waals surface area contributed by atoms with Crippen LogP contribution in [-0.4, -0.2) is 60.9 Å². The number of aliphatic hydroxyl groups excluding tert-OH is 1. The van der Waals surface area contributed by atoms with Gasteiger partial charge in [0, 0.05) is 32.1 Å². The predicted molar refractivity (Wildman–Crippen MR) is 61.2 cm³/mol. The lowest BCUT2D eigenvalue weighted by atomic mass is 10.2. The Balaban J connectivity index is 2.24. The lowest BCUT2D eigenvalue weighted by Gasteiger charge is -2.32. The molecule has 94 valence electrons. The number of morpholine rings is 1. The highest BCUT2D eigenvalue weighted by molar-refractivity contribution is 5.76. The lowest BCUT2D eigenvalue weighted by Crippen LogP contribution is -2.47. The molecule has 0 saturated carbocycles. The maximum atomic E-state index is 11.8. The molecule has 1 amide bonds. The van der Waals surface area contributed by atoms with Gasteiger partial charge in [-0.3, -0.25) is 4.79 Å². The number of carbonyl (C=O) groups excluding carboxylic acids is 1. The Hall–Kier alpha value is -0.650. The van der Waals surface area contributed by atoms with Crippen LogP contribution in [-0.2, 0) is 9.53 Å². The fourth-order valence-corrected chi connectivity index (χ4v) is 1.68. The molecule has 1 fully saturated rings. The number of ether oxygens (including phenoxy) is 1. The van der Waals surface area contributed by atoms with Gasteiger partial charge in [-0.25, -0.2) is 0 Å². The predicted octanol–water partition coefficient (Wildman–Crippen LogP) is -0.406. The van der Waals surface area contributed by atoms with Crippen LogP contribution in [0.3, 0.4) is 0 Å². The van der Waals surface area contributed by atoms with Crippen LogP contribution < -0.4 is 5.32 Å². The van der Waals surface area contributed by atoms with Gasteiger partial charge in [0.05, 0.1) is 19.3 Å². The van der Waals surface area contributed by atoms with Gasteiger partial charge in [-0.2, -0.15) is 0 Å². The molecule has 0 bridgehead atoms. The van der Waals surface area contributed by atoms with Crippen LogP contribution in [0.1, 0.15) is 20.3 Å².